The quantitative estimate of drug-likeness (QED) is 0.795. The van der Waals surface area contributed by atoms with Gasteiger partial charge < -0.3 is 19.3 Å². The maximum absolute atomic E-state index is 12.6. The molecule has 2 rings (SSSR count). The molecule has 0 saturated carbocycles. The minimum absolute atomic E-state index is 0.00361. The Balaban J connectivity index is 2.01. The summed E-state index contributed by atoms with van der Waals surface area (Å²) in [5.74, 6) is 1.44. The summed E-state index contributed by atoms with van der Waals surface area (Å²) >= 11 is 0. The number of likely N-dealkylation sites (N-methyl/N-ethyl adjacent to an activating group) is 1. The highest BCUT2D eigenvalue weighted by Gasteiger charge is 2.34. The number of hydrogen-bond acceptors (Lipinski definition) is 4. The number of nitrogens with zero attached hydrogens (tertiary/aromatic N) is 2. The second kappa shape index (κ2) is 8.04. The number of methoxy groups -OCH3 is 2. The fourth-order valence-corrected chi connectivity index (χ4v) is 3.03. The van der Waals surface area contributed by atoms with Gasteiger partial charge in [-0.1, -0.05) is 0 Å². The van der Waals surface area contributed by atoms with Gasteiger partial charge in [-0.05, 0) is 37.0 Å². The maximum atomic E-state index is 12.6. The molecular formula is C18H26N2O4. The zero-order valence-corrected chi connectivity index (χ0v) is 14.9. The second-order valence-electron chi connectivity index (χ2n) is 6.20. The third kappa shape index (κ3) is 4.19. The Bertz CT molecular complexity index is 578. The molecule has 0 aromatic heterocycles. The lowest BCUT2D eigenvalue weighted by molar-refractivity contribution is -0.142. The molecular weight excluding hydrogens is 308 g/mol. The molecule has 1 saturated heterocycles. The molecule has 0 N–H and O–H groups in total. The smallest absolute Gasteiger partial charge is 0.244 e. The average molecular weight is 334 g/mol. The van der Waals surface area contributed by atoms with Crippen LogP contribution >= 0.6 is 0 Å². The molecule has 1 atom stereocenters. The zero-order chi connectivity index (χ0) is 17.7. The predicted octanol–water partition coefficient (Wildman–Crippen LogP) is 1.72. The van der Waals surface area contributed by atoms with Gasteiger partial charge >= 0.3 is 0 Å². The number of carbonyl (C=O) groups is 2. The summed E-state index contributed by atoms with van der Waals surface area (Å²) in [5, 5.41) is 0. The van der Waals surface area contributed by atoms with Crippen LogP contribution in [-0.4, -0.2) is 62.5 Å². The van der Waals surface area contributed by atoms with Crippen molar-refractivity contribution in [2.75, 3.05) is 34.9 Å². The molecule has 1 unspecified atom stereocenters. The van der Waals surface area contributed by atoms with Crippen molar-refractivity contribution in [2.24, 2.45) is 0 Å². The molecule has 1 heterocycles. The van der Waals surface area contributed by atoms with Crippen LogP contribution in [0.5, 0.6) is 11.5 Å². The van der Waals surface area contributed by atoms with Crippen LogP contribution in [-0.2, 0) is 16.0 Å². The van der Waals surface area contributed by atoms with Gasteiger partial charge in [0.25, 0.3) is 0 Å². The van der Waals surface area contributed by atoms with Crippen molar-refractivity contribution in [3.63, 3.8) is 0 Å². The average Bonchev–Trinajstić information content (AvgIpc) is 3.08. The van der Waals surface area contributed by atoms with E-state index in [2.05, 4.69) is 0 Å². The third-order valence-corrected chi connectivity index (χ3v) is 4.34. The van der Waals surface area contributed by atoms with Crippen molar-refractivity contribution >= 4 is 11.8 Å². The first-order valence-corrected chi connectivity index (χ1v) is 8.19. The molecule has 0 spiro atoms. The molecule has 1 aromatic rings. The van der Waals surface area contributed by atoms with Crippen LogP contribution in [0.15, 0.2) is 18.2 Å². The second-order valence-corrected chi connectivity index (χ2v) is 6.20. The van der Waals surface area contributed by atoms with Crippen LogP contribution in [0.25, 0.3) is 0 Å². The fraction of sp³-hybridized carbons (Fsp3) is 0.556. The van der Waals surface area contributed by atoms with Gasteiger partial charge in [-0.25, -0.2) is 0 Å². The molecule has 1 aliphatic rings. The van der Waals surface area contributed by atoms with Crippen molar-refractivity contribution in [1.29, 1.82) is 0 Å². The minimum atomic E-state index is -0.313. The summed E-state index contributed by atoms with van der Waals surface area (Å²) in [4.78, 5) is 28.0. The maximum Gasteiger partial charge on any atom is 0.244 e. The van der Waals surface area contributed by atoms with Crippen molar-refractivity contribution in [3.8, 4) is 11.5 Å². The van der Waals surface area contributed by atoms with Crippen LogP contribution in [0.3, 0.4) is 0 Å². The molecule has 132 valence electrons. The van der Waals surface area contributed by atoms with Gasteiger partial charge in [-0.3, -0.25) is 9.59 Å². The summed E-state index contributed by atoms with van der Waals surface area (Å²) in [5.41, 5.74) is 0.981. The van der Waals surface area contributed by atoms with Crippen LogP contribution < -0.4 is 9.47 Å². The Labute approximate surface area is 143 Å². The van der Waals surface area contributed by atoms with Crippen LogP contribution in [0.2, 0.25) is 0 Å². The molecule has 24 heavy (non-hydrogen) atoms. The molecule has 1 aromatic carbocycles. The summed E-state index contributed by atoms with van der Waals surface area (Å²) < 4.78 is 10.5. The first-order valence-electron chi connectivity index (χ1n) is 8.19. The first kappa shape index (κ1) is 18.1. The van der Waals surface area contributed by atoms with Gasteiger partial charge in [0, 0.05) is 33.1 Å². The first-order chi connectivity index (χ1) is 11.5. The highest BCUT2D eigenvalue weighted by atomic mass is 16.5. The number of benzene rings is 1. The summed E-state index contributed by atoms with van der Waals surface area (Å²) in [7, 11) is 6.66. The topological polar surface area (TPSA) is 59.1 Å². The Morgan fingerprint density at radius 1 is 1.17 bits per heavy atom. The molecule has 0 aliphatic carbocycles. The fourth-order valence-electron chi connectivity index (χ4n) is 3.03. The number of ether oxygens (including phenoxy) is 2. The number of amides is 2. The van der Waals surface area contributed by atoms with E-state index >= 15 is 0 Å². The third-order valence-electron chi connectivity index (χ3n) is 4.34. The van der Waals surface area contributed by atoms with E-state index in [4.69, 9.17) is 9.47 Å². The molecule has 1 aliphatic heterocycles. The highest BCUT2D eigenvalue weighted by Crippen LogP contribution is 2.24. The number of likely N-dealkylation sites (tertiary alicyclic amines) is 1. The van der Waals surface area contributed by atoms with Gasteiger partial charge in [0.2, 0.25) is 11.8 Å². The SMILES string of the molecule is COc1cc(CCC(=O)N2CCCC2C(=O)N(C)C)cc(OC)c1. The largest absolute Gasteiger partial charge is 0.497 e. The van der Waals surface area contributed by atoms with E-state index in [1.165, 1.54) is 0 Å². The lowest BCUT2D eigenvalue weighted by Gasteiger charge is -2.26. The lowest BCUT2D eigenvalue weighted by Crippen LogP contribution is -2.45. The lowest BCUT2D eigenvalue weighted by atomic mass is 10.1. The monoisotopic (exact) mass is 334 g/mol. The number of hydrogen-bond donors (Lipinski definition) is 0. The van der Waals surface area contributed by atoms with E-state index in [1.54, 1.807) is 44.2 Å². The van der Waals surface area contributed by atoms with Gasteiger partial charge in [0.05, 0.1) is 14.2 Å². The van der Waals surface area contributed by atoms with Crippen LogP contribution in [0, 0.1) is 0 Å². The van der Waals surface area contributed by atoms with Gasteiger partial charge in [-0.15, -0.1) is 0 Å². The Kier molecular flexibility index (Phi) is 6.06. The summed E-state index contributed by atoms with van der Waals surface area (Å²) in [6.45, 7) is 0.657. The Morgan fingerprint density at radius 2 is 1.79 bits per heavy atom. The zero-order valence-electron chi connectivity index (χ0n) is 14.9. The van der Waals surface area contributed by atoms with Gasteiger partial charge in [0.1, 0.15) is 17.5 Å². The molecule has 1 fully saturated rings. The van der Waals surface area contributed by atoms with Crippen LogP contribution in [0.4, 0.5) is 0 Å². The van der Waals surface area contributed by atoms with E-state index < -0.39 is 0 Å². The standard InChI is InChI=1S/C18H26N2O4/c1-19(2)18(22)16-6-5-9-20(16)17(21)8-7-13-10-14(23-3)12-15(11-13)24-4/h10-12,16H,5-9H2,1-4H3. The Morgan fingerprint density at radius 3 is 2.33 bits per heavy atom. The van der Waals surface area contributed by atoms with Gasteiger partial charge in [-0.2, -0.15) is 0 Å². The van der Waals surface area contributed by atoms with Crippen molar-refractivity contribution < 1.29 is 19.1 Å². The van der Waals surface area contributed by atoms with Crippen molar-refractivity contribution in [2.45, 2.75) is 31.7 Å². The molecule has 2 amide bonds. The van der Waals surface area contributed by atoms with E-state index in [1.807, 2.05) is 12.1 Å². The number of carbonyl (C=O) groups excluding carboxylic acids is 2. The molecule has 6 nitrogen and oxygen atoms in total. The van der Waals surface area contributed by atoms with E-state index in [0.717, 1.165) is 18.4 Å². The van der Waals surface area contributed by atoms with E-state index in [-0.39, 0.29) is 17.9 Å². The highest BCUT2D eigenvalue weighted by molar-refractivity contribution is 5.88. The summed E-state index contributed by atoms with van der Waals surface area (Å²) in [6.07, 6.45) is 2.58. The van der Waals surface area contributed by atoms with Gasteiger partial charge in [0.15, 0.2) is 0 Å². The van der Waals surface area contributed by atoms with Crippen LogP contribution in [0.1, 0.15) is 24.8 Å². The number of rotatable bonds is 6. The molecule has 6 heteroatoms. The van der Waals surface area contributed by atoms with E-state index in [0.29, 0.717) is 30.9 Å². The predicted molar refractivity (Wildman–Crippen MR) is 91.3 cm³/mol. The summed E-state index contributed by atoms with van der Waals surface area (Å²) in [6, 6.07) is 5.30. The molecule has 0 bridgehead atoms. The van der Waals surface area contributed by atoms with E-state index in [9.17, 15) is 9.59 Å². The molecule has 0 radical (unpaired) electrons. The Hall–Kier alpha value is -2.24. The minimum Gasteiger partial charge on any atom is -0.497 e. The van der Waals surface area contributed by atoms with Crippen molar-refractivity contribution in [1.82, 2.24) is 9.80 Å². The van der Waals surface area contributed by atoms with Crippen molar-refractivity contribution in [3.05, 3.63) is 23.8 Å². The number of aryl methyl sites for hydroxylation is 1. The normalized spacial score (nSPS) is 16.8.